The predicted molar refractivity (Wildman–Crippen MR) is 56.6 cm³/mol. The first-order valence-electron chi connectivity index (χ1n) is 4.60. The Bertz CT molecular complexity index is 368. The number of pyridine rings is 1. The van der Waals surface area contributed by atoms with Gasteiger partial charge in [0.05, 0.1) is 11.7 Å². The summed E-state index contributed by atoms with van der Waals surface area (Å²) in [5.74, 6) is -0.915. The van der Waals surface area contributed by atoms with Crippen molar-refractivity contribution >= 4 is 17.6 Å². The Morgan fingerprint density at radius 2 is 2.40 bits per heavy atom. The van der Waals surface area contributed by atoms with E-state index in [0.717, 1.165) is 6.42 Å². The van der Waals surface area contributed by atoms with Crippen LogP contribution in [0.15, 0.2) is 12.3 Å². The molecular formula is C10H12ClNO3. The lowest BCUT2D eigenvalue weighted by Gasteiger charge is -2.13. The molecule has 0 bridgehead atoms. The van der Waals surface area contributed by atoms with E-state index < -0.39 is 5.97 Å². The highest BCUT2D eigenvalue weighted by Gasteiger charge is 2.15. The minimum atomic E-state index is -1.09. The van der Waals surface area contributed by atoms with E-state index in [4.69, 9.17) is 21.4 Å². The second-order valence-electron chi connectivity index (χ2n) is 3.12. The number of aromatic carboxylic acids is 1. The minimum absolute atomic E-state index is 0.00460. The van der Waals surface area contributed by atoms with Crippen molar-refractivity contribution in [2.75, 3.05) is 0 Å². The van der Waals surface area contributed by atoms with Gasteiger partial charge in [0.25, 0.3) is 0 Å². The van der Waals surface area contributed by atoms with Gasteiger partial charge in [-0.25, -0.2) is 9.78 Å². The molecule has 1 heterocycles. The molecule has 1 atom stereocenters. The highest BCUT2D eigenvalue weighted by atomic mass is 35.5. The number of carbonyl (C=O) groups is 1. The van der Waals surface area contributed by atoms with E-state index in [1.807, 2.05) is 13.8 Å². The van der Waals surface area contributed by atoms with Gasteiger partial charge in [0.15, 0.2) is 0 Å². The van der Waals surface area contributed by atoms with E-state index in [-0.39, 0.29) is 22.6 Å². The lowest BCUT2D eigenvalue weighted by Crippen LogP contribution is -2.12. The zero-order chi connectivity index (χ0) is 11.4. The van der Waals surface area contributed by atoms with Gasteiger partial charge in [0.2, 0.25) is 5.88 Å². The average Bonchev–Trinajstić information content (AvgIpc) is 2.20. The molecule has 1 aromatic heterocycles. The summed E-state index contributed by atoms with van der Waals surface area (Å²) in [6.45, 7) is 3.82. The van der Waals surface area contributed by atoms with E-state index in [1.165, 1.54) is 12.3 Å². The summed E-state index contributed by atoms with van der Waals surface area (Å²) in [6, 6.07) is 1.34. The molecule has 0 aliphatic rings. The molecule has 0 spiro atoms. The largest absolute Gasteiger partial charge is 0.478 e. The molecule has 0 amide bonds. The van der Waals surface area contributed by atoms with E-state index in [1.54, 1.807) is 0 Å². The van der Waals surface area contributed by atoms with E-state index in [9.17, 15) is 4.79 Å². The molecule has 0 saturated carbocycles. The molecule has 1 aromatic rings. The minimum Gasteiger partial charge on any atom is -0.478 e. The van der Waals surface area contributed by atoms with Crippen molar-refractivity contribution in [3.8, 4) is 5.88 Å². The molecule has 15 heavy (non-hydrogen) atoms. The highest BCUT2D eigenvalue weighted by Crippen LogP contribution is 2.26. The van der Waals surface area contributed by atoms with Crippen LogP contribution in [0, 0.1) is 0 Å². The molecule has 1 rings (SSSR count). The van der Waals surface area contributed by atoms with Crippen molar-refractivity contribution in [2.24, 2.45) is 0 Å². The Morgan fingerprint density at radius 1 is 1.73 bits per heavy atom. The van der Waals surface area contributed by atoms with Crippen LogP contribution >= 0.6 is 11.6 Å². The van der Waals surface area contributed by atoms with Crippen molar-refractivity contribution in [3.05, 3.63) is 22.8 Å². The summed E-state index contributed by atoms with van der Waals surface area (Å²) in [5.41, 5.74) is 0.00460. The topological polar surface area (TPSA) is 59.4 Å². The van der Waals surface area contributed by atoms with Crippen LogP contribution in [0.3, 0.4) is 0 Å². The van der Waals surface area contributed by atoms with Gasteiger partial charge in [-0.3, -0.25) is 0 Å². The third-order valence-corrected chi connectivity index (χ3v) is 2.34. The third kappa shape index (κ3) is 2.83. The molecule has 1 unspecified atom stereocenters. The molecule has 0 radical (unpaired) electrons. The lowest BCUT2D eigenvalue weighted by molar-refractivity contribution is 0.0696. The summed E-state index contributed by atoms with van der Waals surface area (Å²) in [7, 11) is 0. The molecule has 0 saturated heterocycles. The van der Waals surface area contributed by atoms with Crippen LogP contribution in [0.4, 0.5) is 0 Å². The Kier molecular flexibility index (Phi) is 3.91. The molecule has 0 aliphatic carbocycles. The van der Waals surface area contributed by atoms with Crippen LogP contribution in [0.25, 0.3) is 0 Å². The standard InChI is InChI=1S/C10H12ClNO3/c1-3-6(2)15-9-8(11)7(10(13)14)4-5-12-9/h4-6H,3H2,1-2H3,(H,13,14). The highest BCUT2D eigenvalue weighted by molar-refractivity contribution is 6.34. The fourth-order valence-corrected chi connectivity index (χ4v) is 1.18. The van der Waals surface area contributed by atoms with Gasteiger partial charge in [-0.15, -0.1) is 0 Å². The number of carboxylic acids is 1. The predicted octanol–water partition coefficient (Wildman–Crippen LogP) is 2.61. The van der Waals surface area contributed by atoms with Crippen LogP contribution in [0.5, 0.6) is 5.88 Å². The molecule has 0 aromatic carbocycles. The Hall–Kier alpha value is -1.29. The van der Waals surface area contributed by atoms with Crippen LogP contribution < -0.4 is 4.74 Å². The van der Waals surface area contributed by atoms with Crippen molar-refractivity contribution < 1.29 is 14.6 Å². The first-order chi connectivity index (χ1) is 7.06. The number of ether oxygens (including phenoxy) is 1. The first kappa shape index (κ1) is 11.8. The van der Waals surface area contributed by atoms with Crippen LogP contribution in [-0.4, -0.2) is 22.2 Å². The summed E-state index contributed by atoms with van der Waals surface area (Å²) in [4.78, 5) is 14.7. The van der Waals surface area contributed by atoms with E-state index >= 15 is 0 Å². The number of hydrogen-bond donors (Lipinski definition) is 1. The maximum atomic E-state index is 10.8. The molecular weight excluding hydrogens is 218 g/mol. The third-order valence-electron chi connectivity index (χ3n) is 1.98. The molecule has 4 nitrogen and oxygen atoms in total. The van der Waals surface area contributed by atoms with Gasteiger partial charge in [-0.05, 0) is 19.4 Å². The molecule has 5 heteroatoms. The lowest BCUT2D eigenvalue weighted by atomic mass is 10.2. The number of nitrogens with zero attached hydrogens (tertiary/aromatic N) is 1. The second-order valence-corrected chi connectivity index (χ2v) is 3.50. The van der Waals surface area contributed by atoms with Gasteiger partial charge in [-0.2, -0.15) is 0 Å². The first-order valence-corrected chi connectivity index (χ1v) is 4.98. The number of halogens is 1. The average molecular weight is 230 g/mol. The summed E-state index contributed by atoms with van der Waals surface area (Å²) < 4.78 is 5.38. The SMILES string of the molecule is CCC(C)Oc1nccc(C(=O)O)c1Cl. The number of rotatable bonds is 4. The van der Waals surface area contributed by atoms with Crippen LogP contribution in [0.2, 0.25) is 5.02 Å². The van der Waals surface area contributed by atoms with Crippen molar-refractivity contribution in [2.45, 2.75) is 26.4 Å². The zero-order valence-electron chi connectivity index (χ0n) is 8.53. The summed E-state index contributed by atoms with van der Waals surface area (Å²) in [6.07, 6.45) is 2.13. The van der Waals surface area contributed by atoms with Crippen LogP contribution in [0.1, 0.15) is 30.6 Å². The summed E-state index contributed by atoms with van der Waals surface area (Å²) in [5, 5.41) is 8.86. The number of aromatic nitrogens is 1. The van der Waals surface area contributed by atoms with Gasteiger partial charge < -0.3 is 9.84 Å². The van der Waals surface area contributed by atoms with Gasteiger partial charge >= 0.3 is 5.97 Å². The van der Waals surface area contributed by atoms with E-state index in [2.05, 4.69) is 4.98 Å². The summed E-state index contributed by atoms with van der Waals surface area (Å²) >= 11 is 5.84. The van der Waals surface area contributed by atoms with Crippen molar-refractivity contribution in [1.29, 1.82) is 0 Å². The van der Waals surface area contributed by atoms with Crippen molar-refractivity contribution in [3.63, 3.8) is 0 Å². The molecule has 0 aliphatic heterocycles. The Balaban J connectivity index is 2.99. The molecule has 1 N–H and O–H groups in total. The second kappa shape index (κ2) is 4.98. The van der Waals surface area contributed by atoms with E-state index in [0.29, 0.717) is 0 Å². The zero-order valence-corrected chi connectivity index (χ0v) is 9.28. The fourth-order valence-electron chi connectivity index (χ4n) is 0.946. The smallest absolute Gasteiger partial charge is 0.337 e. The number of carboxylic acid groups (broad SMARTS) is 1. The van der Waals surface area contributed by atoms with Crippen LogP contribution in [-0.2, 0) is 0 Å². The maximum absolute atomic E-state index is 10.8. The molecule has 0 fully saturated rings. The monoisotopic (exact) mass is 229 g/mol. The maximum Gasteiger partial charge on any atom is 0.337 e. The normalized spacial score (nSPS) is 12.2. The van der Waals surface area contributed by atoms with Gasteiger partial charge in [0, 0.05) is 6.20 Å². The van der Waals surface area contributed by atoms with Crippen molar-refractivity contribution in [1.82, 2.24) is 4.98 Å². The Labute approximate surface area is 92.8 Å². The van der Waals surface area contributed by atoms with Gasteiger partial charge in [0.1, 0.15) is 5.02 Å². The Morgan fingerprint density at radius 3 is 2.93 bits per heavy atom. The molecule has 82 valence electrons. The number of hydrogen-bond acceptors (Lipinski definition) is 3. The fraction of sp³-hybridized carbons (Fsp3) is 0.400. The quantitative estimate of drug-likeness (QED) is 0.862. The van der Waals surface area contributed by atoms with Gasteiger partial charge in [-0.1, -0.05) is 18.5 Å².